The van der Waals surface area contributed by atoms with E-state index < -0.39 is 12.1 Å². The maximum atomic E-state index is 12.5. The number of carbonyl (C=O) groups is 2. The second-order valence-electron chi connectivity index (χ2n) is 23.9. The molecule has 0 aliphatic heterocycles. The Morgan fingerprint density at radius 1 is 0.364 bits per heavy atom. The third kappa shape index (κ3) is 63.1. The highest BCUT2D eigenvalue weighted by Crippen LogP contribution is 2.18. The SMILES string of the molecule is CCCCCC/C=C\C/C=C\CCCCCCCC(=O)OCCCCCCCCCCCCCCCCCCCCCC(=O)NC(CO)C(O)/C=C/CCCCCCCCCCCCCCCCCCCCCCCCC. The fraction of sp³-hybridized carbons (Fsp3) is 0.887. The van der Waals surface area contributed by atoms with Gasteiger partial charge in [0.1, 0.15) is 0 Å². The minimum absolute atomic E-state index is 0.00446. The lowest BCUT2D eigenvalue weighted by Crippen LogP contribution is -2.45. The van der Waals surface area contributed by atoms with Gasteiger partial charge in [-0.3, -0.25) is 9.59 Å². The summed E-state index contributed by atoms with van der Waals surface area (Å²) in [7, 11) is 0. The van der Waals surface area contributed by atoms with E-state index in [-0.39, 0.29) is 18.5 Å². The van der Waals surface area contributed by atoms with Gasteiger partial charge in [0, 0.05) is 12.8 Å². The van der Waals surface area contributed by atoms with Crippen LogP contribution in [0.4, 0.5) is 0 Å². The van der Waals surface area contributed by atoms with Crippen LogP contribution in [-0.4, -0.2) is 47.4 Å². The number of aliphatic hydroxyl groups is 2. The number of hydrogen-bond donors (Lipinski definition) is 3. The van der Waals surface area contributed by atoms with E-state index in [2.05, 4.69) is 43.5 Å². The van der Waals surface area contributed by atoms with Crippen LogP contribution in [0.1, 0.15) is 380 Å². The van der Waals surface area contributed by atoms with E-state index >= 15 is 0 Å². The Morgan fingerprint density at radius 2 is 0.649 bits per heavy atom. The van der Waals surface area contributed by atoms with Gasteiger partial charge in [0.2, 0.25) is 5.91 Å². The van der Waals surface area contributed by atoms with E-state index in [1.165, 1.54) is 302 Å². The molecule has 0 aliphatic carbocycles. The normalized spacial score (nSPS) is 12.7. The van der Waals surface area contributed by atoms with Gasteiger partial charge in [-0.2, -0.15) is 0 Å². The van der Waals surface area contributed by atoms with Gasteiger partial charge in [-0.25, -0.2) is 0 Å². The van der Waals surface area contributed by atoms with Crippen molar-refractivity contribution in [2.75, 3.05) is 13.2 Å². The highest BCUT2D eigenvalue weighted by atomic mass is 16.5. The van der Waals surface area contributed by atoms with Crippen molar-refractivity contribution in [2.45, 2.75) is 392 Å². The van der Waals surface area contributed by atoms with Crippen molar-refractivity contribution in [3.05, 3.63) is 36.5 Å². The molecule has 6 heteroatoms. The Labute approximate surface area is 481 Å². The number of hydrogen-bond acceptors (Lipinski definition) is 5. The Balaban J connectivity index is 3.43. The van der Waals surface area contributed by atoms with Crippen LogP contribution in [0.15, 0.2) is 36.5 Å². The first-order valence-electron chi connectivity index (χ1n) is 34.8. The average molecular weight is 1080 g/mol. The zero-order valence-electron chi connectivity index (χ0n) is 52.0. The van der Waals surface area contributed by atoms with Crippen LogP contribution >= 0.6 is 0 Å². The van der Waals surface area contributed by atoms with E-state index in [9.17, 15) is 19.8 Å². The molecule has 0 saturated heterocycles. The molecule has 0 aromatic carbocycles. The average Bonchev–Trinajstić information content (AvgIpc) is 3.43. The second kappa shape index (κ2) is 66.6. The van der Waals surface area contributed by atoms with Crippen LogP contribution < -0.4 is 5.32 Å². The summed E-state index contributed by atoms with van der Waals surface area (Å²) in [5.41, 5.74) is 0. The van der Waals surface area contributed by atoms with Crippen molar-refractivity contribution >= 4 is 11.9 Å². The molecule has 0 fully saturated rings. The van der Waals surface area contributed by atoms with Gasteiger partial charge in [-0.15, -0.1) is 0 Å². The summed E-state index contributed by atoms with van der Waals surface area (Å²) in [4.78, 5) is 24.6. The first kappa shape index (κ1) is 75.1. The molecule has 0 saturated carbocycles. The van der Waals surface area contributed by atoms with Crippen molar-refractivity contribution in [1.82, 2.24) is 5.32 Å². The summed E-state index contributed by atoms with van der Waals surface area (Å²) in [6, 6.07) is -0.632. The summed E-state index contributed by atoms with van der Waals surface area (Å²) in [6.07, 6.45) is 84.9. The van der Waals surface area contributed by atoms with Crippen LogP contribution in [0.5, 0.6) is 0 Å². The van der Waals surface area contributed by atoms with E-state index in [0.717, 1.165) is 51.4 Å². The largest absolute Gasteiger partial charge is 0.466 e. The van der Waals surface area contributed by atoms with Crippen LogP contribution in [0.2, 0.25) is 0 Å². The molecule has 0 aromatic heterocycles. The highest BCUT2D eigenvalue weighted by Gasteiger charge is 2.18. The molecule has 2 unspecified atom stereocenters. The predicted molar refractivity (Wildman–Crippen MR) is 338 cm³/mol. The zero-order valence-corrected chi connectivity index (χ0v) is 52.0. The second-order valence-corrected chi connectivity index (χ2v) is 23.9. The van der Waals surface area contributed by atoms with Crippen LogP contribution in [0.25, 0.3) is 0 Å². The number of ether oxygens (including phenoxy) is 1. The van der Waals surface area contributed by atoms with E-state index in [0.29, 0.717) is 19.4 Å². The molecule has 0 heterocycles. The maximum Gasteiger partial charge on any atom is 0.305 e. The standard InChI is InChI=1S/C71H135NO5/c1-3-5-7-9-11-13-15-17-19-21-22-23-24-25-26-27-29-32-35-39-43-47-51-55-59-63-69(74)68(67-73)72-70(75)64-60-56-52-48-44-40-36-33-30-28-31-34-38-42-46-50-54-58-62-66-77-71(76)65-61-57-53-49-45-41-37-20-18-16-14-12-10-8-6-4-2/h14,16,20,37,59,63,68-69,73-74H,3-13,15,17-19,21-36,38-58,60-62,64-67H2,1-2H3,(H,72,75)/b16-14-,37-20-,63-59+. The van der Waals surface area contributed by atoms with Gasteiger partial charge in [0.15, 0.2) is 0 Å². The van der Waals surface area contributed by atoms with Crippen molar-refractivity contribution < 1.29 is 24.5 Å². The number of allylic oxidation sites excluding steroid dienone is 5. The van der Waals surface area contributed by atoms with Crippen LogP contribution in [0, 0.1) is 0 Å². The van der Waals surface area contributed by atoms with Crippen molar-refractivity contribution in [2.24, 2.45) is 0 Å². The molecule has 0 spiro atoms. The number of amides is 1. The molecule has 3 N–H and O–H groups in total. The molecule has 0 radical (unpaired) electrons. The van der Waals surface area contributed by atoms with Gasteiger partial charge in [-0.05, 0) is 64.2 Å². The van der Waals surface area contributed by atoms with E-state index in [1.807, 2.05) is 6.08 Å². The molecule has 0 aromatic rings. The molecule has 0 bridgehead atoms. The summed E-state index contributed by atoms with van der Waals surface area (Å²) in [6.45, 7) is 4.91. The molecule has 6 nitrogen and oxygen atoms in total. The molecule has 1 amide bonds. The number of rotatable bonds is 65. The minimum atomic E-state index is -0.849. The Hall–Kier alpha value is -1.92. The Kier molecular flexibility index (Phi) is 64.9. The van der Waals surface area contributed by atoms with Gasteiger partial charge in [-0.1, -0.05) is 339 Å². The van der Waals surface area contributed by atoms with Crippen molar-refractivity contribution in [3.8, 4) is 0 Å². The van der Waals surface area contributed by atoms with Gasteiger partial charge in [0.25, 0.3) is 0 Å². The van der Waals surface area contributed by atoms with Gasteiger partial charge in [0.05, 0.1) is 25.4 Å². The smallest absolute Gasteiger partial charge is 0.305 e. The summed E-state index contributed by atoms with van der Waals surface area (Å²) >= 11 is 0. The predicted octanol–water partition coefficient (Wildman–Crippen LogP) is 22.3. The third-order valence-corrected chi connectivity index (χ3v) is 16.2. The molecule has 454 valence electrons. The van der Waals surface area contributed by atoms with E-state index in [1.54, 1.807) is 6.08 Å². The van der Waals surface area contributed by atoms with Crippen LogP contribution in [-0.2, 0) is 14.3 Å². The third-order valence-electron chi connectivity index (χ3n) is 16.2. The monoisotopic (exact) mass is 1080 g/mol. The quantitative estimate of drug-likeness (QED) is 0.0320. The topological polar surface area (TPSA) is 95.9 Å². The molecule has 2 atom stereocenters. The maximum absolute atomic E-state index is 12.5. The molecule has 0 rings (SSSR count). The number of nitrogens with one attached hydrogen (secondary N) is 1. The molecular formula is C71H135NO5. The number of aliphatic hydroxyl groups excluding tert-OH is 2. The number of unbranched alkanes of at least 4 members (excludes halogenated alkanes) is 50. The lowest BCUT2D eigenvalue weighted by atomic mass is 10.0. The van der Waals surface area contributed by atoms with Gasteiger partial charge >= 0.3 is 5.97 Å². The number of carbonyl (C=O) groups excluding carboxylic acids is 2. The lowest BCUT2D eigenvalue weighted by molar-refractivity contribution is -0.143. The van der Waals surface area contributed by atoms with Gasteiger partial charge < -0.3 is 20.3 Å². The first-order valence-corrected chi connectivity index (χ1v) is 34.8. The number of esters is 1. The minimum Gasteiger partial charge on any atom is -0.466 e. The van der Waals surface area contributed by atoms with Crippen molar-refractivity contribution in [3.63, 3.8) is 0 Å². The fourth-order valence-electron chi connectivity index (χ4n) is 10.8. The molecular weight excluding hydrogens is 947 g/mol. The van der Waals surface area contributed by atoms with E-state index in [4.69, 9.17) is 4.74 Å². The Morgan fingerprint density at radius 3 is 1.00 bits per heavy atom. The van der Waals surface area contributed by atoms with Crippen LogP contribution in [0.3, 0.4) is 0 Å². The molecule has 0 aliphatic rings. The summed E-state index contributed by atoms with van der Waals surface area (Å²) in [5, 5.41) is 23.3. The molecule has 77 heavy (non-hydrogen) atoms. The Bertz CT molecular complexity index is 1250. The zero-order chi connectivity index (χ0) is 55.7. The lowest BCUT2D eigenvalue weighted by Gasteiger charge is -2.20. The first-order chi connectivity index (χ1) is 38.0. The fourth-order valence-corrected chi connectivity index (χ4v) is 10.8. The summed E-state index contributed by atoms with van der Waals surface area (Å²) in [5.74, 6) is -0.0717. The summed E-state index contributed by atoms with van der Waals surface area (Å²) < 4.78 is 5.49. The van der Waals surface area contributed by atoms with Crippen molar-refractivity contribution in [1.29, 1.82) is 0 Å². The highest BCUT2D eigenvalue weighted by molar-refractivity contribution is 5.76.